The number of aromatic nitrogens is 2. The van der Waals surface area contributed by atoms with Gasteiger partial charge in [0, 0.05) is 32.1 Å². The van der Waals surface area contributed by atoms with Crippen LogP contribution in [0.15, 0.2) is 27.6 Å². The first-order valence-corrected chi connectivity index (χ1v) is 10.9. The number of sulfonamides is 1. The van der Waals surface area contributed by atoms with Crippen LogP contribution >= 0.6 is 23.2 Å². The molecule has 0 radical (unpaired) electrons. The molecule has 0 bridgehead atoms. The van der Waals surface area contributed by atoms with Gasteiger partial charge >= 0.3 is 0 Å². The number of hydrogen-bond donors (Lipinski definition) is 0. The zero-order chi connectivity index (χ0) is 19.8. The molecule has 0 spiro atoms. The molecule has 1 saturated heterocycles. The zero-order valence-corrected chi connectivity index (χ0v) is 17.7. The normalized spacial score (nSPS) is 18.1. The van der Waals surface area contributed by atoms with Gasteiger partial charge in [-0.2, -0.15) is 9.29 Å². The third-order valence-corrected chi connectivity index (χ3v) is 7.31. The van der Waals surface area contributed by atoms with E-state index >= 15 is 0 Å². The van der Waals surface area contributed by atoms with E-state index in [-0.39, 0.29) is 21.9 Å². The second-order valence-electron chi connectivity index (χ2n) is 6.84. The molecular weight excluding hydrogens is 411 g/mol. The van der Waals surface area contributed by atoms with Crippen molar-refractivity contribution in [3.63, 3.8) is 0 Å². The summed E-state index contributed by atoms with van der Waals surface area (Å²) in [7, 11) is -3.61. The summed E-state index contributed by atoms with van der Waals surface area (Å²) >= 11 is 11.9. The number of hydrogen-bond acceptors (Lipinski definition) is 6. The highest BCUT2D eigenvalue weighted by atomic mass is 35.5. The SMILES string of the molecule is CC(C)c1noc(C(C)N2CCN(S(=O)(=O)c3ccc(Cl)c(Cl)c3)CC2)n1. The molecule has 0 saturated carbocycles. The molecule has 0 N–H and O–H groups in total. The summed E-state index contributed by atoms with van der Waals surface area (Å²) in [6.45, 7) is 7.89. The lowest BCUT2D eigenvalue weighted by Crippen LogP contribution is -2.49. The molecule has 10 heteroatoms. The van der Waals surface area contributed by atoms with Gasteiger partial charge in [0.15, 0.2) is 5.82 Å². The Labute approximate surface area is 169 Å². The topological polar surface area (TPSA) is 79.5 Å². The molecule has 7 nitrogen and oxygen atoms in total. The summed E-state index contributed by atoms with van der Waals surface area (Å²) in [4.78, 5) is 6.73. The predicted octanol–water partition coefficient (Wildman–Crippen LogP) is 3.57. The number of nitrogens with zero attached hydrogens (tertiary/aromatic N) is 4. The Morgan fingerprint density at radius 2 is 1.74 bits per heavy atom. The molecule has 0 aliphatic carbocycles. The predicted molar refractivity (Wildman–Crippen MR) is 104 cm³/mol. The number of benzene rings is 1. The van der Waals surface area contributed by atoms with Crippen molar-refractivity contribution in [2.75, 3.05) is 26.2 Å². The van der Waals surface area contributed by atoms with Gasteiger partial charge in [-0.05, 0) is 25.1 Å². The Morgan fingerprint density at radius 1 is 1.07 bits per heavy atom. The van der Waals surface area contributed by atoms with Crippen molar-refractivity contribution in [3.05, 3.63) is 40.0 Å². The summed E-state index contributed by atoms with van der Waals surface area (Å²) in [6.07, 6.45) is 0. The second-order valence-corrected chi connectivity index (χ2v) is 9.59. The fraction of sp³-hybridized carbons (Fsp3) is 0.529. The summed E-state index contributed by atoms with van der Waals surface area (Å²) < 4.78 is 32.5. The van der Waals surface area contributed by atoms with Crippen LogP contribution in [-0.4, -0.2) is 53.9 Å². The molecule has 2 heterocycles. The van der Waals surface area contributed by atoms with E-state index in [2.05, 4.69) is 15.0 Å². The summed E-state index contributed by atoms with van der Waals surface area (Å²) in [5.41, 5.74) is 0. The first-order chi connectivity index (χ1) is 12.7. The average molecular weight is 433 g/mol. The Kier molecular flexibility index (Phi) is 6.12. The highest BCUT2D eigenvalue weighted by molar-refractivity contribution is 7.89. The smallest absolute Gasteiger partial charge is 0.243 e. The van der Waals surface area contributed by atoms with Crippen molar-refractivity contribution in [2.24, 2.45) is 0 Å². The molecule has 2 aromatic rings. The molecule has 27 heavy (non-hydrogen) atoms. The third kappa shape index (κ3) is 4.30. The first-order valence-electron chi connectivity index (χ1n) is 8.73. The van der Waals surface area contributed by atoms with E-state index in [4.69, 9.17) is 27.7 Å². The summed E-state index contributed by atoms with van der Waals surface area (Å²) in [5, 5.41) is 4.55. The van der Waals surface area contributed by atoms with Gasteiger partial charge in [0.1, 0.15) is 0 Å². The lowest BCUT2D eigenvalue weighted by atomic mass is 10.2. The lowest BCUT2D eigenvalue weighted by molar-refractivity contribution is 0.124. The number of piperazine rings is 1. The first kappa shape index (κ1) is 20.5. The van der Waals surface area contributed by atoms with Crippen molar-refractivity contribution in [1.29, 1.82) is 0 Å². The minimum absolute atomic E-state index is 0.0696. The maximum atomic E-state index is 12.8. The van der Waals surface area contributed by atoms with Crippen molar-refractivity contribution >= 4 is 33.2 Å². The molecule has 1 aromatic heterocycles. The van der Waals surface area contributed by atoms with Crippen molar-refractivity contribution in [1.82, 2.24) is 19.3 Å². The fourth-order valence-corrected chi connectivity index (χ4v) is 4.74. The minimum Gasteiger partial charge on any atom is -0.338 e. The molecule has 1 aliphatic rings. The van der Waals surface area contributed by atoms with Crippen LogP contribution in [0, 0.1) is 0 Å². The van der Waals surface area contributed by atoms with Gasteiger partial charge in [-0.15, -0.1) is 0 Å². The van der Waals surface area contributed by atoms with Crippen LogP contribution in [0.4, 0.5) is 0 Å². The second kappa shape index (κ2) is 8.05. The van der Waals surface area contributed by atoms with E-state index in [9.17, 15) is 8.42 Å². The molecule has 1 fully saturated rings. The standard InChI is InChI=1S/C17H22Cl2N4O3S/c1-11(2)16-20-17(26-21-16)12(3)22-6-8-23(9-7-22)27(24,25)13-4-5-14(18)15(19)10-13/h4-5,10-12H,6-9H2,1-3H3. The summed E-state index contributed by atoms with van der Waals surface area (Å²) in [6, 6.07) is 4.29. The van der Waals surface area contributed by atoms with Crippen LogP contribution in [0.25, 0.3) is 0 Å². The Bertz CT molecular complexity index is 909. The van der Waals surface area contributed by atoms with Crippen LogP contribution < -0.4 is 0 Å². The maximum Gasteiger partial charge on any atom is 0.243 e. The van der Waals surface area contributed by atoms with Gasteiger partial charge < -0.3 is 4.52 Å². The lowest BCUT2D eigenvalue weighted by Gasteiger charge is -2.36. The van der Waals surface area contributed by atoms with E-state index in [0.29, 0.717) is 42.9 Å². The third-order valence-electron chi connectivity index (χ3n) is 4.68. The molecular formula is C17H22Cl2N4O3S. The Hall–Kier alpha value is -1.19. The van der Waals surface area contributed by atoms with Gasteiger partial charge in [-0.3, -0.25) is 4.90 Å². The van der Waals surface area contributed by atoms with Crippen molar-refractivity contribution < 1.29 is 12.9 Å². The van der Waals surface area contributed by atoms with E-state index in [0.717, 1.165) is 0 Å². The van der Waals surface area contributed by atoms with Crippen molar-refractivity contribution in [3.8, 4) is 0 Å². The quantitative estimate of drug-likeness (QED) is 0.718. The van der Waals surface area contributed by atoms with E-state index in [1.165, 1.54) is 22.5 Å². The van der Waals surface area contributed by atoms with Gasteiger partial charge in [-0.25, -0.2) is 8.42 Å². The maximum absolute atomic E-state index is 12.8. The number of rotatable bonds is 5. The molecule has 3 rings (SSSR count). The minimum atomic E-state index is -3.61. The van der Waals surface area contributed by atoms with Gasteiger partial charge in [0.2, 0.25) is 15.9 Å². The zero-order valence-electron chi connectivity index (χ0n) is 15.4. The van der Waals surface area contributed by atoms with Crippen LogP contribution in [0.3, 0.4) is 0 Å². The van der Waals surface area contributed by atoms with Gasteiger partial charge in [-0.1, -0.05) is 42.2 Å². The Morgan fingerprint density at radius 3 is 2.30 bits per heavy atom. The van der Waals surface area contributed by atoms with E-state index < -0.39 is 10.0 Å². The van der Waals surface area contributed by atoms with Gasteiger partial charge in [0.05, 0.1) is 21.0 Å². The molecule has 1 aliphatic heterocycles. The van der Waals surface area contributed by atoms with Crippen LogP contribution in [0.2, 0.25) is 10.0 Å². The van der Waals surface area contributed by atoms with Crippen LogP contribution in [0.5, 0.6) is 0 Å². The van der Waals surface area contributed by atoms with Crippen LogP contribution in [-0.2, 0) is 10.0 Å². The van der Waals surface area contributed by atoms with E-state index in [1.807, 2.05) is 20.8 Å². The average Bonchev–Trinajstić information content (AvgIpc) is 3.14. The fourth-order valence-electron chi connectivity index (χ4n) is 2.93. The molecule has 148 valence electrons. The monoisotopic (exact) mass is 432 g/mol. The molecule has 1 aromatic carbocycles. The van der Waals surface area contributed by atoms with Crippen molar-refractivity contribution in [2.45, 2.75) is 37.6 Å². The summed E-state index contributed by atoms with van der Waals surface area (Å²) in [5.74, 6) is 1.43. The van der Waals surface area contributed by atoms with E-state index in [1.54, 1.807) is 0 Å². The largest absolute Gasteiger partial charge is 0.338 e. The van der Waals surface area contributed by atoms with Gasteiger partial charge in [0.25, 0.3) is 0 Å². The number of halogens is 2. The molecule has 1 atom stereocenters. The Balaban J connectivity index is 1.67. The van der Waals surface area contributed by atoms with Crippen LogP contribution in [0.1, 0.15) is 44.4 Å². The molecule has 0 amide bonds. The highest BCUT2D eigenvalue weighted by Gasteiger charge is 2.32. The highest BCUT2D eigenvalue weighted by Crippen LogP contribution is 2.28. The molecule has 1 unspecified atom stereocenters.